The van der Waals surface area contributed by atoms with E-state index in [-0.39, 0.29) is 30.7 Å². The van der Waals surface area contributed by atoms with Gasteiger partial charge < -0.3 is 15.5 Å². The number of hydrogen-bond donors (Lipinski definition) is 2. The molecule has 1 aromatic heterocycles. The maximum absolute atomic E-state index is 12.5. The van der Waals surface area contributed by atoms with Crippen LogP contribution < -0.4 is 10.6 Å². The molecule has 1 aliphatic heterocycles. The lowest BCUT2D eigenvalue weighted by Crippen LogP contribution is -2.45. The van der Waals surface area contributed by atoms with Gasteiger partial charge in [0.25, 0.3) is 5.91 Å². The molecular formula is C19H35Cl2N5O. The number of halogens is 2. The Morgan fingerprint density at radius 3 is 2.63 bits per heavy atom. The number of hydrogen-bond acceptors (Lipinski definition) is 4. The summed E-state index contributed by atoms with van der Waals surface area (Å²) in [5.41, 5.74) is 0.534. The number of rotatable bonds is 6. The van der Waals surface area contributed by atoms with Crippen molar-refractivity contribution in [2.75, 3.05) is 33.7 Å². The number of likely N-dealkylation sites (N-methyl/N-ethyl adjacent to an activating group) is 1. The number of carbonyl (C=O) groups excluding carboxylic acids is 1. The van der Waals surface area contributed by atoms with E-state index >= 15 is 0 Å². The molecule has 8 heteroatoms. The molecule has 1 aromatic rings. The van der Waals surface area contributed by atoms with Crippen molar-refractivity contribution < 1.29 is 4.79 Å². The minimum atomic E-state index is -0.0508. The fourth-order valence-electron chi connectivity index (χ4n) is 4.30. The third kappa shape index (κ3) is 6.63. The zero-order chi connectivity index (χ0) is 17.6. The minimum absolute atomic E-state index is 0. The lowest BCUT2D eigenvalue weighted by Gasteiger charge is -2.34. The quantitative estimate of drug-likeness (QED) is 0.743. The summed E-state index contributed by atoms with van der Waals surface area (Å²) in [6, 6.07) is 2.62. The van der Waals surface area contributed by atoms with Gasteiger partial charge in [-0.1, -0.05) is 19.3 Å². The predicted octanol–water partition coefficient (Wildman–Crippen LogP) is 2.89. The van der Waals surface area contributed by atoms with Gasteiger partial charge in [0.15, 0.2) is 0 Å². The third-order valence-electron chi connectivity index (χ3n) is 5.81. The first kappa shape index (κ1) is 24.2. The number of amides is 1. The molecule has 156 valence electrons. The zero-order valence-corrected chi connectivity index (χ0v) is 18.2. The first-order valence-corrected chi connectivity index (χ1v) is 9.85. The fraction of sp³-hybridized carbons (Fsp3) is 0.789. The standard InChI is InChI=1S/C19H33N5O.2ClH/c1-23(2)18(15-7-4-3-5-8-15)14-21-19(25)17-10-12-24(22-17)16-9-6-11-20-13-16;;/h10,12,15-16,18,20H,3-9,11,13-14H2,1-2H3,(H,21,25);2*1H. The van der Waals surface area contributed by atoms with Crippen molar-refractivity contribution in [3.05, 3.63) is 18.0 Å². The summed E-state index contributed by atoms with van der Waals surface area (Å²) in [6.45, 7) is 2.72. The van der Waals surface area contributed by atoms with Gasteiger partial charge in [0.2, 0.25) is 0 Å². The van der Waals surface area contributed by atoms with Crippen LogP contribution in [0.2, 0.25) is 0 Å². The molecule has 1 aliphatic carbocycles. The van der Waals surface area contributed by atoms with Gasteiger partial charge in [0, 0.05) is 25.3 Å². The summed E-state index contributed by atoms with van der Waals surface area (Å²) >= 11 is 0. The summed E-state index contributed by atoms with van der Waals surface area (Å²) in [7, 11) is 4.24. The molecule has 2 N–H and O–H groups in total. The van der Waals surface area contributed by atoms with E-state index in [1.807, 2.05) is 16.9 Å². The number of piperidine rings is 1. The van der Waals surface area contributed by atoms with Crippen LogP contribution in [0.3, 0.4) is 0 Å². The van der Waals surface area contributed by atoms with Crippen LogP contribution in [0.5, 0.6) is 0 Å². The van der Waals surface area contributed by atoms with Crippen molar-refractivity contribution in [3.63, 3.8) is 0 Å². The molecule has 1 saturated carbocycles. The van der Waals surface area contributed by atoms with Gasteiger partial charge in [-0.15, -0.1) is 24.8 Å². The Bertz CT molecular complexity index is 554. The van der Waals surface area contributed by atoms with E-state index in [9.17, 15) is 4.79 Å². The zero-order valence-electron chi connectivity index (χ0n) is 16.5. The average Bonchev–Trinajstić information content (AvgIpc) is 3.13. The fourth-order valence-corrected chi connectivity index (χ4v) is 4.30. The van der Waals surface area contributed by atoms with Crippen LogP contribution in [0.1, 0.15) is 61.5 Å². The highest BCUT2D eigenvalue weighted by Crippen LogP contribution is 2.28. The molecule has 0 bridgehead atoms. The molecule has 6 nitrogen and oxygen atoms in total. The molecule has 0 radical (unpaired) electrons. The maximum atomic E-state index is 12.5. The number of carbonyl (C=O) groups is 1. The minimum Gasteiger partial charge on any atom is -0.349 e. The summed E-state index contributed by atoms with van der Waals surface area (Å²) in [5.74, 6) is 0.639. The SMILES string of the molecule is CN(C)C(CNC(=O)c1ccn(C2CCCNC2)n1)C1CCCCC1.Cl.Cl. The summed E-state index contributed by atoms with van der Waals surface area (Å²) in [4.78, 5) is 14.8. The van der Waals surface area contributed by atoms with E-state index < -0.39 is 0 Å². The van der Waals surface area contributed by atoms with Crippen LogP contribution in [0.25, 0.3) is 0 Å². The van der Waals surface area contributed by atoms with Crippen LogP contribution in [0, 0.1) is 5.92 Å². The molecule has 1 amide bonds. The van der Waals surface area contributed by atoms with Gasteiger partial charge in [-0.3, -0.25) is 9.48 Å². The monoisotopic (exact) mass is 419 g/mol. The second-order valence-corrected chi connectivity index (χ2v) is 7.82. The first-order chi connectivity index (χ1) is 12.1. The summed E-state index contributed by atoms with van der Waals surface area (Å²) in [6.07, 6.45) is 10.8. The Morgan fingerprint density at radius 2 is 2.00 bits per heavy atom. The van der Waals surface area contributed by atoms with E-state index in [0.29, 0.717) is 30.2 Å². The molecule has 2 atom stereocenters. The van der Waals surface area contributed by atoms with E-state index in [0.717, 1.165) is 25.9 Å². The summed E-state index contributed by atoms with van der Waals surface area (Å²) < 4.78 is 1.95. The normalized spacial score (nSPS) is 21.8. The van der Waals surface area contributed by atoms with Gasteiger partial charge in [0.05, 0.1) is 6.04 Å². The van der Waals surface area contributed by atoms with E-state index in [2.05, 4.69) is 34.7 Å². The van der Waals surface area contributed by atoms with Gasteiger partial charge in [-0.25, -0.2) is 0 Å². The van der Waals surface area contributed by atoms with Crippen LogP contribution in [-0.2, 0) is 0 Å². The number of nitrogens with one attached hydrogen (secondary N) is 2. The molecule has 0 aromatic carbocycles. The smallest absolute Gasteiger partial charge is 0.271 e. The van der Waals surface area contributed by atoms with E-state index in [1.54, 1.807) is 0 Å². The number of nitrogens with zero attached hydrogens (tertiary/aromatic N) is 3. The van der Waals surface area contributed by atoms with Crippen molar-refractivity contribution in [1.29, 1.82) is 0 Å². The molecule has 0 spiro atoms. The largest absolute Gasteiger partial charge is 0.349 e. The first-order valence-electron chi connectivity index (χ1n) is 9.85. The van der Waals surface area contributed by atoms with Crippen LogP contribution in [-0.4, -0.2) is 60.4 Å². The molecule has 2 fully saturated rings. The lowest BCUT2D eigenvalue weighted by atomic mass is 9.83. The van der Waals surface area contributed by atoms with Crippen molar-refractivity contribution >= 4 is 30.7 Å². The average molecular weight is 420 g/mol. The topological polar surface area (TPSA) is 62.2 Å². The molecule has 2 aliphatic rings. The van der Waals surface area contributed by atoms with Crippen molar-refractivity contribution in [3.8, 4) is 0 Å². The van der Waals surface area contributed by atoms with E-state index in [1.165, 1.54) is 32.1 Å². The lowest BCUT2D eigenvalue weighted by molar-refractivity contribution is 0.0915. The highest BCUT2D eigenvalue weighted by atomic mass is 35.5. The van der Waals surface area contributed by atoms with Gasteiger partial charge in [-0.2, -0.15) is 5.10 Å². The van der Waals surface area contributed by atoms with Crippen molar-refractivity contribution in [2.24, 2.45) is 5.92 Å². The second-order valence-electron chi connectivity index (χ2n) is 7.82. The van der Waals surface area contributed by atoms with Crippen LogP contribution in [0.4, 0.5) is 0 Å². The summed E-state index contributed by atoms with van der Waals surface area (Å²) in [5, 5.41) is 11.0. The Labute approximate surface area is 175 Å². The molecule has 2 unspecified atom stereocenters. The predicted molar refractivity (Wildman–Crippen MR) is 114 cm³/mol. The molecule has 3 rings (SSSR count). The Balaban J connectivity index is 0.00000182. The molecule has 27 heavy (non-hydrogen) atoms. The van der Waals surface area contributed by atoms with Crippen LogP contribution >= 0.6 is 24.8 Å². The second kappa shape index (κ2) is 11.9. The Hall–Kier alpha value is -0.820. The Kier molecular flexibility index (Phi) is 10.7. The third-order valence-corrected chi connectivity index (χ3v) is 5.81. The van der Waals surface area contributed by atoms with Crippen LogP contribution in [0.15, 0.2) is 12.3 Å². The van der Waals surface area contributed by atoms with Crippen molar-refractivity contribution in [2.45, 2.75) is 57.0 Å². The number of aromatic nitrogens is 2. The molecular weight excluding hydrogens is 385 g/mol. The maximum Gasteiger partial charge on any atom is 0.271 e. The van der Waals surface area contributed by atoms with Gasteiger partial charge in [-0.05, 0) is 58.3 Å². The highest BCUT2D eigenvalue weighted by Gasteiger charge is 2.26. The van der Waals surface area contributed by atoms with Gasteiger partial charge >= 0.3 is 0 Å². The molecule has 2 heterocycles. The van der Waals surface area contributed by atoms with E-state index in [4.69, 9.17) is 0 Å². The van der Waals surface area contributed by atoms with Gasteiger partial charge in [0.1, 0.15) is 5.69 Å². The highest BCUT2D eigenvalue weighted by molar-refractivity contribution is 5.92. The molecule has 1 saturated heterocycles. The van der Waals surface area contributed by atoms with Crippen molar-refractivity contribution in [1.82, 2.24) is 25.3 Å². The Morgan fingerprint density at radius 1 is 1.26 bits per heavy atom.